The summed E-state index contributed by atoms with van der Waals surface area (Å²) in [5, 5.41) is 0.406. The molecule has 0 atom stereocenters. The zero-order valence-electron chi connectivity index (χ0n) is 7.29. The maximum Gasteiger partial charge on any atom is 0.602 e. The Hall–Kier alpha value is -0.220. The van der Waals surface area contributed by atoms with Crippen LogP contribution in [0.4, 0.5) is 4.79 Å². The molecule has 0 unspecified atom stereocenters. The second kappa shape index (κ2) is 5.21. The minimum atomic E-state index is -1.62. The molecule has 0 aliphatic heterocycles. The molecule has 3 nitrogen and oxygen atoms in total. The predicted octanol–water partition coefficient (Wildman–Crippen LogP) is 2.98. The van der Waals surface area contributed by atoms with E-state index in [4.69, 9.17) is 51.1 Å². The first-order chi connectivity index (χ1) is 6.88. The molecule has 0 amide bonds. The second-order valence-corrected chi connectivity index (χ2v) is 5.55. The van der Waals surface area contributed by atoms with Gasteiger partial charge in [-0.3, -0.25) is 0 Å². The molecule has 0 fully saturated rings. The van der Waals surface area contributed by atoms with Gasteiger partial charge in [0.2, 0.25) is 3.79 Å². The number of nitrogens with zero attached hydrogens (tertiary/aromatic N) is 1. The molecule has 1 aromatic rings. The van der Waals surface area contributed by atoms with E-state index in [-0.39, 0.29) is 6.61 Å². The van der Waals surface area contributed by atoms with Crippen LogP contribution in [0.15, 0.2) is 24.5 Å². The average Bonchev–Trinajstić information content (AvgIpc) is 2.13. The predicted molar refractivity (Wildman–Crippen MR) is 58.7 cm³/mol. The number of alkyl halides is 3. The largest absolute Gasteiger partial charge is 0.602 e. The van der Waals surface area contributed by atoms with Crippen LogP contribution in [0.3, 0.4) is 0 Å². The molecule has 1 rings (SSSR count). The summed E-state index contributed by atoms with van der Waals surface area (Å²) in [6, 6.07) is 3.22. The van der Waals surface area contributed by atoms with Gasteiger partial charge in [0.05, 0.1) is 0 Å². The zero-order valence-corrected chi connectivity index (χ0v) is 10.3. The molecular formula is C8H6Cl4NO2+. The van der Waals surface area contributed by atoms with Crippen molar-refractivity contribution in [3.63, 3.8) is 0 Å². The molecular weight excluding hydrogens is 284 g/mol. The van der Waals surface area contributed by atoms with Gasteiger partial charge in [-0.1, -0.05) is 51.0 Å². The average molecular weight is 290 g/mol. The molecule has 0 bridgehead atoms. The highest BCUT2D eigenvalue weighted by atomic mass is 35.6. The zero-order chi connectivity index (χ0) is 11.5. The lowest BCUT2D eigenvalue weighted by atomic mass is 10.5. The van der Waals surface area contributed by atoms with Crippen molar-refractivity contribution >= 4 is 52.5 Å². The van der Waals surface area contributed by atoms with E-state index < -0.39 is 9.89 Å². The fourth-order valence-corrected chi connectivity index (χ4v) is 1.12. The van der Waals surface area contributed by atoms with Crippen LogP contribution in [0.25, 0.3) is 0 Å². The van der Waals surface area contributed by atoms with Crippen LogP contribution in [-0.4, -0.2) is 16.5 Å². The fraction of sp³-hybridized carbons (Fsp3) is 0.250. The van der Waals surface area contributed by atoms with Crippen LogP contribution in [0.5, 0.6) is 0 Å². The maximum absolute atomic E-state index is 11.3. The molecule has 82 valence electrons. The van der Waals surface area contributed by atoms with Crippen molar-refractivity contribution in [3.05, 3.63) is 29.5 Å². The molecule has 1 aromatic heterocycles. The minimum Gasteiger partial charge on any atom is -0.407 e. The maximum atomic E-state index is 11.3. The van der Waals surface area contributed by atoms with Crippen LogP contribution < -0.4 is 4.57 Å². The van der Waals surface area contributed by atoms with E-state index in [2.05, 4.69) is 0 Å². The Bertz CT molecular complexity index is 364. The number of rotatable bonds is 1. The van der Waals surface area contributed by atoms with Crippen LogP contribution in [-0.2, 0) is 4.74 Å². The molecule has 1 heterocycles. The highest BCUT2D eigenvalue weighted by Gasteiger charge is 2.25. The van der Waals surface area contributed by atoms with Crippen molar-refractivity contribution in [2.75, 3.05) is 6.61 Å². The lowest BCUT2D eigenvalue weighted by Crippen LogP contribution is -2.43. The number of carbonyl (C=O) groups is 1. The SMILES string of the molecule is O=C(OCC(Cl)(Cl)Cl)[n+]1cccc(Cl)c1. The Kier molecular flexibility index (Phi) is 4.46. The van der Waals surface area contributed by atoms with Crippen molar-refractivity contribution in [1.29, 1.82) is 0 Å². The molecule has 0 saturated carbocycles. The smallest absolute Gasteiger partial charge is 0.407 e. The summed E-state index contributed by atoms with van der Waals surface area (Å²) in [7, 11) is 0. The summed E-state index contributed by atoms with van der Waals surface area (Å²) in [6.07, 6.45) is 2.21. The van der Waals surface area contributed by atoms with Crippen molar-refractivity contribution < 1.29 is 14.1 Å². The van der Waals surface area contributed by atoms with Crippen molar-refractivity contribution in [2.24, 2.45) is 0 Å². The molecule has 0 N–H and O–H groups in total. The fourth-order valence-electron chi connectivity index (χ4n) is 0.778. The van der Waals surface area contributed by atoms with E-state index in [1.54, 1.807) is 12.1 Å². The lowest BCUT2D eigenvalue weighted by molar-refractivity contribution is -0.585. The van der Waals surface area contributed by atoms with Gasteiger partial charge in [-0.25, -0.2) is 0 Å². The third-order valence-electron chi connectivity index (χ3n) is 1.33. The third kappa shape index (κ3) is 4.89. The summed E-state index contributed by atoms with van der Waals surface area (Å²) in [6.45, 7) is -0.323. The minimum absolute atomic E-state index is 0.323. The van der Waals surface area contributed by atoms with Gasteiger partial charge in [0.25, 0.3) is 0 Å². The van der Waals surface area contributed by atoms with Crippen molar-refractivity contribution in [3.8, 4) is 0 Å². The monoisotopic (exact) mass is 288 g/mol. The topological polar surface area (TPSA) is 30.2 Å². The molecule has 0 aliphatic carbocycles. The van der Waals surface area contributed by atoms with Gasteiger partial charge in [0.15, 0.2) is 12.4 Å². The second-order valence-electron chi connectivity index (χ2n) is 2.60. The molecule has 7 heteroatoms. The first-order valence-electron chi connectivity index (χ1n) is 3.79. The summed E-state index contributed by atoms with van der Waals surface area (Å²) in [5.74, 6) is 0. The summed E-state index contributed by atoms with van der Waals surface area (Å²) < 4.78 is 4.25. The van der Waals surface area contributed by atoms with Gasteiger partial charge in [-0.2, -0.15) is 4.79 Å². The van der Waals surface area contributed by atoms with E-state index >= 15 is 0 Å². The Morgan fingerprint density at radius 2 is 2.13 bits per heavy atom. The van der Waals surface area contributed by atoms with E-state index in [0.717, 1.165) is 4.57 Å². The summed E-state index contributed by atoms with van der Waals surface area (Å²) in [4.78, 5) is 11.3. The Balaban J connectivity index is 2.62. The highest BCUT2D eigenvalue weighted by molar-refractivity contribution is 6.67. The first-order valence-corrected chi connectivity index (χ1v) is 5.30. The molecule has 15 heavy (non-hydrogen) atoms. The summed E-state index contributed by atoms with van der Waals surface area (Å²) >= 11 is 21.9. The van der Waals surface area contributed by atoms with Crippen molar-refractivity contribution in [1.82, 2.24) is 0 Å². The van der Waals surface area contributed by atoms with Crippen LogP contribution >= 0.6 is 46.4 Å². The Morgan fingerprint density at radius 1 is 1.47 bits per heavy atom. The van der Waals surface area contributed by atoms with E-state index in [1.165, 1.54) is 12.4 Å². The Morgan fingerprint density at radius 3 is 2.67 bits per heavy atom. The Labute approximate surface area is 106 Å². The van der Waals surface area contributed by atoms with Gasteiger partial charge in [0.1, 0.15) is 11.6 Å². The third-order valence-corrected chi connectivity index (χ3v) is 1.89. The molecule has 0 aromatic carbocycles. The van der Waals surface area contributed by atoms with Crippen molar-refractivity contribution in [2.45, 2.75) is 3.79 Å². The summed E-state index contributed by atoms with van der Waals surface area (Å²) in [5.41, 5.74) is 0. The van der Waals surface area contributed by atoms with Crippen LogP contribution in [0, 0.1) is 0 Å². The molecule has 0 radical (unpaired) electrons. The van der Waals surface area contributed by atoms with Gasteiger partial charge < -0.3 is 4.74 Å². The number of hydrogen-bond donors (Lipinski definition) is 0. The number of halogens is 4. The van der Waals surface area contributed by atoms with Crippen LogP contribution in [0.2, 0.25) is 5.02 Å². The highest BCUT2D eigenvalue weighted by Crippen LogP contribution is 2.25. The van der Waals surface area contributed by atoms with Crippen LogP contribution in [0.1, 0.15) is 0 Å². The molecule has 0 spiro atoms. The van der Waals surface area contributed by atoms with E-state index in [0.29, 0.717) is 5.02 Å². The number of hydrogen-bond acceptors (Lipinski definition) is 2. The van der Waals surface area contributed by atoms with E-state index in [9.17, 15) is 4.79 Å². The van der Waals surface area contributed by atoms with Gasteiger partial charge in [-0.15, -0.1) is 0 Å². The van der Waals surface area contributed by atoms with Gasteiger partial charge in [-0.05, 0) is 6.07 Å². The lowest BCUT2D eigenvalue weighted by Gasteiger charge is -2.07. The quantitative estimate of drug-likeness (QED) is 0.588. The van der Waals surface area contributed by atoms with E-state index in [1.807, 2.05) is 0 Å². The number of pyridine rings is 1. The standard InChI is InChI=1S/C8H6Cl4NO2/c9-6-2-1-3-13(4-6)7(14)15-5-8(10,11)12/h1-4H,5H2/q+1. The normalized spacial score (nSPS) is 11.2. The number of carbonyl (C=O) groups excluding carboxylic acids is 1. The van der Waals surface area contributed by atoms with Gasteiger partial charge >= 0.3 is 6.09 Å². The molecule has 0 aliphatic rings. The number of ether oxygens (including phenoxy) is 1. The number of aromatic nitrogens is 1. The molecule has 0 saturated heterocycles. The van der Waals surface area contributed by atoms with Gasteiger partial charge in [0, 0.05) is 6.07 Å². The first kappa shape index (κ1) is 12.8.